The molecule has 260 valence electrons. The molecule has 0 saturated carbocycles. The molecule has 0 aliphatic rings. The van der Waals surface area contributed by atoms with E-state index in [1.54, 1.807) is 0 Å². The van der Waals surface area contributed by atoms with Crippen molar-refractivity contribution in [2.45, 2.75) is 98.7 Å². The summed E-state index contributed by atoms with van der Waals surface area (Å²) in [5.74, 6) is -46.9. The van der Waals surface area contributed by atoms with Crippen LogP contribution in [0.25, 0.3) is 0 Å². The molecule has 1 atom stereocenters. The van der Waals surface area contributed by atoms with Gasteiger partial charge in [0.15, 0.2) is 6.17 Å². The van der Waals surface area contributed by atoms with Crippen LogP contribution >= 0.6 is 0 Å². The Labute approximate surface area is 229 Å². The number of hydrogen-bond acceptors (Lipinski definition) is 4. The van der Waals surface area contributed by atoms with E-state index < -0.39 is 112 Å². The molecule has 0 aliphatic carbocycles. The van der Waals surface area contributed by atoms with Gasteiger partial charge in [0.2, 0.25) is 0 Å². The van der Waals surface area contributed by atoms with E-state index in [4.69, 9.17) is 0 Å². The first-order valence-corrected chi connectivity index (χ1v) is 10.9. The standard InChI is InChI=1S/C20H23F19O4/c1-10(2,42-19(36,37)17(32,33)13(24,25)8-41-6)9(21)14(26,27)18(34,35)20(38,39)43-11(3,4)15(28,29)16(30,31)12(22,23)7-40-5/h9H,7-8H2,1-6H3. The lowest BCUT2D eigenvalue weighted by Crippen LogP contribution is -2.70. The average molecular weight is 688 g/mol. The van der Waals surface area contributed by atoms with Gasteiger partial charge in [0, 0.05) is 14.2 Å². The molecule has 0 radical (unpaired) electrons. The highest BCUT2D eigenvalue weighted by atomic mass is 19.4. The van der Waals surface area contributed by atoms with Gasteiger partial charge in [0.1, 0.15) is 24.4 Å². The van der Waals surface area contributed by atoms with Crippen LogP contribution in [0.3, 0.4) is 0 Å². The summed E-state index contributed by atoms with van der Waals surface area (Å²) in [4.78, 5) is 0. The van der Waals surface area contributed by atoms with Crippen molar-refractivity contribution < 1.29 is 102 Å². The van der Waals surface area contributed by atoms with E-state index in [-0.39, 0.29) is 7.11 Å². The monoisotopic (exact) mass is 688 g/mol. The van der Waals surface area contributed by atoms with Gasteiger partial charge < -0.3 is 18.9 Å². The van der Waals surface area contributed by atoms with Gasteiger partial charge in [-0.25, -0.2) is 4.39 Å². The molecule has 0 aromatic rings. The number of rotatable bonds is 17. The molecule has 0 rings (SSSR count). The first-order valence-electron chi connectivity index (χ1n) is 10.9. The van der Waals surface area contributed by atoms with Gasteiger partial charge in [0.25, 0.3) is 0 Å². The van der Waals surface area contributed by atoms with Crippen molar-refractivity contribution in [2.75, 3.05) is 27.4 Å². The fourth-order valence-electron chi connectivity index (χ4n) is 3.05. The fourth-order valence-corrected chi connectivity index (χ4v) is 3.05. The zero-order valence-corrected chi connectivity index (χ0v) is 22.3. The molecule has 0 spiro atoms. The summed E-state index contributed by atoms with van der Waals surface area (Å²) in [6.45, 7) is -7.45. The van der Waals surface area contributed by atoms with E-state index in [1.807, 2.05) is 0 Å². The van der Waals surface area contributed by atoms with Crippen LogP contribution in [0.1, 0.15) is 27.7 Å². The Balaban J connectivity index is 6.57. The molecule has 0 saturated heterocycles. The molecule has 0 fully saturated rings. The third-order valence-electron chi connectivity index (χ3n) is 5.57. The lowest BCUT2D eigenvalue weighted by Gasteiger charge is -2.45. The van der Waals surface area contributed by atoms with Crippen LogP contribution in [-0.4, -0.2) is 98.5 Å². The first kappa shape index (κ1) is 41.5. The molecular weight excluding hydrogens is 665 g/mol. The Morgan fingerprint density at radius 3 is 1.14 bits per heavy atom. The van der Waals surface area contributed by atoms with Crippen molar-refractivity contribution in [3.05, 3.63) is 0 Å². The van der Waals surface area contributed by atoms with Crippen LogP contribution in [0.2, 0.25) is 0 Å². The minimum atomic E-state index is -7.60. The molecule has 1 unspecified atom stereocenters. The second-order valence-corrected chi connectivity index (χ2v) is 9.91. The zero-order valence-electron chi connectivity index (χ0n) is 22.3. The Morgan fingerprint density at radius 1 is 0.465 bits per heavy atom. The van der Waals surface area contributed by atoms with Crippen molar-refractivity contribution in [1.82, 2.24) is 0 Å². The molecule has 0 amide bonds. The van der Waals surface area contributed by atoms with Crippen molar-refractivity contribution in [3.63, 3.8) is 0 Å². The highest BCUT2D eigenvalue weighted by Gasteiger charge is 2.83. The Morgan fingerprint density at radius 2 is 0.791 bits per heavy atom. The molecule has 0 bridgehead atoms. The number of alkyl halides is 19. The summed E-state index contributed by atoms with van der Waals surface area (Å²) in [6.07, 6.45) is -19.4. The van der Waals surface area contributed by atoms with Gasteiger partial charge in [-0.2, -0.15) is 79.0 Å². The molecule has 0 aromatic carbocycles. The predicted octanol–water partition coefficient (Wildman–Crippen LogP) is 7.84. The van der Waals surface area contributed by atoms with Crippen molar-refractivity contribution in [1.29, 1.82) is 0 Å². The van der Waals surface area contributed by atoms with Crippen LogP contribution < -0.4 is 0 Å². The molecular formula is C20H23F19O4. The summed E-state index contributed by atoms with van der Waals surface area (Å²) in [5.41, 5.74) is -9.54. The number of hydrogen-bond donors (Lipinski definition) is 0. The molecule has 0 aliphatic heterocycles. The van der Waals surface area contributed by atoms with E-state index in [0.717, 1.165) is 0 Å². The summed E-state index contributed by atoms with van der Waals surface area (Å²) >= 11 is 0. The van der Waals surface area contributed by atoms with E-state index in [2.05, 4.69) is 18.9 Å². The maximum absolute atomic E-state index is 14.5. The second kappa shape index (κ2) is 11.7. The minimum absolute atomic E-state index is 0.279. The smallest absolute Gasteiger partial charge is 0.378 e. The highest BCUT2D eigenvalue weighted by Crippen LogP contribution is 2.57. The van der Waals surface area contributed by atoms with Crippen LogP contribution in [-0.2, 0) is 18.9 Å². The molecule has 0 aromatic heterocycles. The number of methoxy groups -OCH3 is 2. The topological polar surface area (TPSA) is 36.9 Å². The molecule has 43 heavy (non-hydrogen) atoms. The maximum Gasteiger partial charge on any atom is 0.426 e. The first-order chi connectivity index (χ1) is 18.4. The van der Waals surface area contributed by atoms with E-state index in [1.165, 1.54) is 0 Å². The molecule has 4 nitrogen and oxygen atoms in total. The third kappa shape index (κ3) is 6.87. The van der Waals surface area contributed by atoms with Crippen LogP contribution in [0, 0.1) is 0 Å². The van der Waals surface area contributed by atoms with Crippen molar-refractivity contribution >= 4 is 0 Å². The van der Waals surface area contributed by atoms with Gasteiger partial charge >= 0.3 is 53.7 Å². The maximum atomic E-state index is 14.5. The molecule has 23 heteroatoms. The Kier molecular flexibility index (Phi) is 11.3. The lowest BCUT2D eigenvalue weighted by molar-refractivity contribution is -0.464. The zero-order chi connectivity index (χ0) is 35.3. The molecule has 0 N–H and O–H groups in total. The Hall–Kier alpha value is -1.49. The van der Waals surface area contributed by atoms with Gasteiger partial charge in [-0.15, -0.1) is 0 Å². The highest BCUT2D eigenvalue weighted by molar-refractivity contribution is 5.08. The number of halogens is 19. The molecule has 0 heterocycles. The van der Waals surface area contributed by atoms with Crippen molar-refractivity contribution in [3.8, 4) is 0 Å². The van der Waals surface area contributed by atoms with Crippen LogP contribution in [0.15, 0.2) is 0 Å². The van der Waals surface area contributed by atoms with E-state index >= 15 is 0 Å². The largest absolute Gasteiger partial charge is 0.426 e. The SMILES string of the molecule is COCC(F)(F)C(F)(F)C(F)(F)OC(C)(C)C(F)C(F)(F)C(F)(F)C(F)(F)OC(C)(C)C(F)(F)C(F)(F)C(F)(F)COC. The normalized spacial score (nSPS) is 17.0. The third-order valence-corrected chi connectivity index (χ3v) is 5.57. The van der Waals surface area contributed by atoms with E-state index in [9.17, 15) is 83.4 Å². The lowest BCUT2D eigenvalue weighted by atomic mass is 9.89. The van der Waals surface area contributed by atoms with E-state index in [0.29, 0.717) is 7.11 Å². The summed E-state index contributed by atoms with van der Waals surface area (Å²) in [5, 5.41) is 0. The van der Waals surface area contributed by atoms with Gasteiger partial charge in [0.05, 0.1) is 0 Å². The summed E-state index contributed by atoms with van der Waals surface area (Å²) < 4.78 is 279. The van der Waals surface area contributed by atoms with Crippen molar-refractivity contribution in [2.24, 2.45) is 0 Å². The second-order valence-electron chi connectivity index (χ2n) is 9.91. The van der Waals surface area contributed by atoms with Gasteiger partial charge in [-0.3, -0.25) is 0 Å². The predicted molar refractivity (Wildman–Crippen MR) is 103 cm³/mol. The summed E-state index contributed by atoms with van der Waals surface area (Å²) in [6, 6.07) is 0. The quantitative estimate of drug-likeness (QED) is 0.146. The summed E-state index contributed by atoms with van der Waals surface area (Å²) in [7, 11) is 0.570. The average Bonchev–Trinajstić information content (AvgIpc) is 2.76. The van der Waals surface area contributed by atoms with Gasteiger partial charge in [-0.05, 0) is 27.7 Å². The van der Waals surface area contributed by atoms with Gasteiger partial charge in [-0.1, -0.05) is 0 Å². The fraction of sp³-hybridized carbons (Fsp3) is 1.00. The minimum Gasteiger partial charge on any atom is -0.378 e. The van der Waals surface area contributed by atoms with Crippen LogP contribution in [0.5, 0.6) is 0 Å². The van der Waals surface area contributed by atoms with Crippen LogP contribution in [0.4, 0.5) is 83.4 Å². The Bertz CT molecular complexity index is 949. The number of ether oxygens (including phenoxy) is 4.